The van der Waals surface area contributed by atoms with Crippen LogP contribution in [-0.2, 0) is 5.60 Å². The van der Waals surface area contributed by atoms with E-state index in [0.29, 0.717) is 5.56 Å². The summed E-state index contributed by atoms with van der Waals surface area (Å²) in [5, 5.41) is 10.5. The van der Waals surface area contributed by atoms with E-state index in [2.05, 4.69) is 0 Å². The van der Waals surface area contributed by atoms with Gasteiger partial charge in [-0.3, -0.25) is 0 Å². The number of furan rings is 1. The van der Waals surface area contributed by atoms with Gasteiger partial charge in [0.05, 0.1) is 17.5 Å². The summed E-state index contributed by atoms with van der Waals surface area (Å²) in [6.45, 7) is 1.51. The highest BCUT2D eigenvalue weighted by atomic mass is 35.5. The fourth-order valence-corrected chi connectivity index (χ4v) is 2.16. The summed E-state index contributed by atoms with van der Waals surface area (Å²) in [6, 6.07) is 3.98. The number of halogens is 3. The molecule has 0 amide bonds. The first-order valence-corrected chi connectivity index (χ1v) is 5.58. The Morgan fingerprint density at radius 3 is 2.59 bits per heavy atom. The molecule has 1 heterocycles. The Hall–Kier alpha value is -1.03. The van der Waals surface area contributed by atoms with Gasteiger partial charge in [-0.15, -0.1) is 0 Å². The van der Waals surface area contributed by atoms with Crippen molar-refractivity contribution in [2.24, 2.45) is 0 Å². The van der Waals surface area contributed by atoms with Crippen molar-refractivity contribution in [2.75, 3.05) is 0 Å². The molecule has 90 valence electrons. The molecule has 1 unspecified atom stereocenters. The van der Waals surface area contributed by atoms with Crippen LogP contribution in [0.2, 0.25) is 10.0 Å². The molecule has 0 radical (unpaired) electrons. The fourth-order valence-electron chi connectivity index (χ4n) is 1.59. The molecule has 0 aliphatic carbocycles. The zero-order valence-electron chi connectivity index (χ0n) is 8.88. The highest BCUT2D eigenvalue weighted by Gasteiger charge is 2.30. The molecule has 17 heavy (non-hydrogen) atoms. The highest BCUT2D eigenvalue weighted by molar-refractivity contribution is 6.35. The Balaban J connectivity index is 2.57. The summed E-state index contributed by atoms with van der Waals surface area (Å²) in [7, 11) is 0. The summed E-state index contributed by atoms with van der Waals surface area (Å²) < 4.78 is 18.3. The Morgan fingerprint density at radius 1 is 1.29 bits per heavy atom. The summed E-state index contributed by atoms with van der Waals surface area (Å²) >= 11 is 11.6. The molecule has 0 saturated carbocycles. The van der Waals surface area contributed by atoms with Gasteiger partial charge in [-0.05, 0) is 25.1 Å². The molecule has 0 aliphatic heterocycles. The third-order valence-electron chi connectivity index (χ3n) is 2.62. The molecule has 5 heteroatoms. The van der Waals surface area contributed by atoms with Gasteiger partial charge in [-0.2, -0.15) is 0 Å². The van der Waals surface area contributed by atoms with Crippen molar-refractivity contribution >= 4 is 23.2 Å². The third-order valence-corrected chi connectivity index (χ3v) is 3.22. The Labute approximate surface area is 108 Å². The van der Waals surface area contributed by atoms with Gasteiger partial charge in [-0.25, -0.2) is 4.39 Å². The van der Waals surface area contributed by atoms with E-state index in [1.54, 1.807) is 6.07 Å². The second-order valence-electron chi connectivity index (χ2n) is 3.83. The Morgan fingerprint density at radius 2 is 2.00 bits per heavy atom. The van der Waals surface area contributed by atoms with Crippen molar-refractivity contribution < 1.29 is 13.9 Å². The molecule has 1 N–H and O–H groups in total. The average molecular weight is 275 g/mol. The largest absolute Gasteiger partial charge is 0.472 e. The maximum absolute atomic E-state index is 13.4. The molecule has 0 spiro atoms. The van der Waals surface area contributed by atoms with Crippen LogP contribution in [0.25, 0.3) is 0 Å². The van der Waals surface area contributed by atoms with E-state index < -0.39 is 11.4 Å². The first-order valence-electron chi connectivity index (χ1n) is 4.83. The molecular weight excluding hydrogens is 266 g/mol. The summed E-state index contributed by atoms with van der Waals surface area (Å²) in [5.74, 6) is -0.630. The van der Waals surface area contributed by atoms with Crippen molar-refractivity contribution in [3.05, 3.63) is 57.7 Å². The number of hydrogen-bond acceptors (Lipinski definition) is 2. The van der Waals surface area contributed by atoms with Crippen LogP contribution in [0.1, 0.15) is 18.1 Å². The van der Waals surface area contributed by atoms with E-state index in [1.807, 2.05) is 0 Å². The van der Waals surface area contributed by atoms with Gasteiger partial charge in [0.15, 0.2) is 0 Å². The topological polar surface area (TPSA) is 33.4 Å². The first kappa shape index (κ1) is 12.4. The van der Waals surface area contributed by atoms with Crippen molar-refractivity contribution in [1.29, 1.82) is 0 Å². The lowest BCUT2D eigenvalue weighted by molar-refractivity contribution is 0.101. The van der Waals surface area contributed by atoms with Crippen molar-refractivity contribution in [2.45, 2.75) is 12.5 Å². The van der Waals surface area contributed by atoms with Crippen molar-refractivity contribution in [1.82, 2.24) is 0 Å². The standard InChI is InChI=1S/C12H9Cl2FO2/c1-12(16,7-2-3-17-6-7)8-4-11(15)10(14)5-9(8)13/h2-6,16H,1H3. The van der Waals surface area contributed by atoms with Crippen LogP contribution in [-0.4, -0.2) is 5.11 Å². The van der Waals surface area contributed by atoms with E-state index in [-0.39, 0.29) is 15.6 Å². The van der Waals surface area contributed by atoms with E-state index in [0.717, 1.165) is 6.07 Å². The third kappa shape index (κ3) is 2.18. The molecular formula is C12H9Cl2FO2. The molecule has 1 aromatic carbocycles. The van der Waals surface area contributed by atoms with Gasteiger partial charge >= 0.3 is 0 Å². The molecule has 1 aromatic heterocycles. The van der Waals surface area contributed by atoms with Crippen molar-refractivity contribution in [3.63, 3.8) is 0 Å². The molecule has 2 aromatic rings. The lowest BCUT2D eigenvalue weighted by atomic mass is 9.90. The molecule has 0 bridgehead atoms. The Bertz CT molecular complexity index is 536. The van der Waals surface area contributed by atoms with Crippen LogP contribution in [0.3, 0.4) is 0 Å². The maximum Gasteiger partial charge on any atom is 0.142 e. The first-order chi connectivity index (χ1) is 7.93. The monoisotopic (exact) mass is 274 g/mol. The van der Waals surface area contributed by atoms with Gasteiger partial charge in [0.2, 0.25) is 0 Å². The minimum absolute atomic E-state index is 0.0817. The quantitative estimate of drug-likeness (QED) is 0.841. The van der Waals surface area contributed by atoms with Gasteiger partial charge in [-0.1, -0.05) is 23.2 Å². The van der Waals surface area contributed by atoms with Crippen LogP contribution in [0.4, 0.5) is 4.39 Å². The Kier molecular flexibility index (Phi) is 3.17. The summed E-state index contributed by atoms with van der Waals surface area (Å²) in [4.78, 5) is 0. The van der Waals surface area contributed by atoms with E-state index in [4.69, 9.17) is 27.6 Å². The molecule has 0 aliphatic rings. The van der Waals surface area contributed by atoms with Gasteiger partial charge < -0.3 is 9.52 Å². The number of rotatable bonds is 2. The van der Waals surface area contributed by atoms with Crippen LogP contribution in [0.5, 0.6) is 0 Å². The molecule has 1 atom stereocenters. The van der Waals surface area contributed by atoms with Crippen LogP contribution >= 0.6 is 23.2 Å². The smallest absolute Gasteiger partial charge is 0.142 e. The molecule has 0 saturated heterocycles. The van der Waals surface area contributed by atoms with E-state index in [9.17, 15) is 9.50 Å². The average Bonchev–Trinajstić information content (AvgIpc) is 2.77. The van der Waals surface area contributed by atoms with E-state index >= 15 is 0 Å². The van der Waals surface area contributed by atoms with Crippen LogP contribution in [0, 0.1) is 5.82 Å². The number of aliphatic hydroxyl groups is 1. The lowest BCUT2D eigenvalue weighted by Gasteiger charge is -2.23. The molecule has 0 fully saturated rings. The molecule has 2 rings (SSSR count). The van der Waals surface area contributed by atoms with Gasteiger partial charge in [0, 0.05) is 16.1 Å². The zero-order chi connectivity index (χ0) is 12.6. The minimum Gasteiger partial charge on any atom is -0.472 e. The van der Waals surface area contributed by atoms with Gasteiger partial charge in [0.25, 0.3) is 0 Å². The predicted octanol–water partition coefficient (Wildman–Crippen LogP) is 3.98. The SMILES string of the molecule is CC(O)(c1ccoc1)c1cc(F)c(Cl)cc1Cl. The summed E-state index contributed by atoms with van der Waals surface area (Å²) in [6.07, 6.45) is 2.80. The summed E-state index contributed by atoms with van der Waals surface area (Å²) in [5.41, 5.74) is -0.709. The lowest BCUT2D eigenvalue weighted by Crippen LogP contribution is -2.22. The second-order valence-corrected chi connectivity index (χ2v) is 4.64. The van der Waals surface area contributed by atoms with Gasteiger partial charge in [0.1, 0.15) is 11.4 Å². The number of hydrogen-bond donors (Lipinski definition) is 1. The second kappa shape index (κ2) is 4.33. The minimum atomic E-state index is -1.44. The van der Waals surface area contributed by atoms with Crippen molar-refractivity contribution in [3.8, 4) is 0 Å². The van der Waals surface area contributed by atoms with E-state index in [1.165, 1.54) is 25.5 Å². The number of benzene rings is 1. The highest BCUT2D eigenvalue weighted by Crippen LogP contribution is 2.36. The van der Waals surface area contributed by atoms with Crippen LogP contribution < -0.4 is 0 Å². The predicted molar refractivity (Wildman–Crippen MR) is 63.8 cm³/mol. The molecule has 2 nitrogen and oxygen atoms in total. The maximum atomic E-state index is 13.4. The normalized spacial score (nSPS) is 14.6. The van der Waals surface area contributed by atoms with Crippen LogP contribution in [0.15, 0.2) is 35.1 Å². The zero-order valence-corrected chi connectivity index (χ0v) is 10.4. The fraction of sp³-hybridized carbons (Fsp3) is 0.167.